The molecule has 2 atom stereocenters. The van der Waals surface area contributed by atoms with Crippen molar-refractivity contribution in [3.8, 4) is 5.75 Å². The molecular weight excluding hydrogens is 252 g/mol. The summed E-state index contributed by atoms with van der Waals surface area (Å²) >= 11 is 0. The van der Waals surface area contributed by atoms with Crippen LogP contribution in [0.3, 0.4) is 0 Å². The number of nitrogens with one attached hydrogen (secondary N) is 1. The minimum absolute atomic E-state index is 0.0718. The van der Waals surface area contributed by atoms with E-state index >= 15 is 0 Å². The van der Waals surface area contributed by atoms with Crippen molar-refractivity contribution in [2.75, 3.05) is 13.1 Å². The van der Waals surface area contributed by atoms with Crippen LogP contribution < -0.4 is 5.32 Å². The van der Waals surface area contributed by atoms with E-state index < -0.39 is 10.0 Å². The molecule has 0 spiro atoms. The maximum atomic E-state index is 12.6. The van der Waals surface area contributed by atoms with E-state index in [0.717, 1.165) is 25.9 Å². The highest BCUT2D eigenvalue weighted by molar-refractivity contribution is 7.89. The SMILES string of the molecule is O=S(=O)(c1ccc(O)cc1)N1C2CCC1CNC2. The van der Waals surface area contributed by atoms with E-state index in [-0.39, 0.29) is 22.7 Å². The fourth-order valence-electron chi connectivity index (χ4n) is 2.87. The summed E-state index contributed by atoms with van der Waals surface area (Å²) in [5.41, 5.74) is 0. The van der Waals surface area contributed by atoms with E-state index in [1.54, 1.807) is 4.31 Å². The molecule has 1 aromatic rings. The van der Waals surface area contributed by atoms with Crippen LogP contribution in [-0.4, -0.2) is 43.0 Å². The van der Waals surface area contributed by atoms with Gasteiger partial charge in [0.15, 0.2) is 0 Å². The number of phenolic OH excluding ortho intramolecular Hbond substituents is 1. The molecule has 2 N–H and O–H groups in total. The maximum absolute atomic E-state index is 12.6. The minimum Gasteiger partial charge on any atom is -0.508 e. The zero-order valence-corrected chi connectivity index (χ0v) is 10.7. The van der Waals surface area contributed by atoms with Crippen molar-refractivity contribution in [3.63, 3.8) is 0 Å². The Morgan fingerprint density at radius 3 is 2.22 bits per heavy atom. The van der Waals surface area contributed by atoms with Crippen molar-refractivity contribution in [2.45, 2.75) is 29.8 Å². The Hall–Kier alpha value is -1.11. The fourth-order valence-corrected chi connectivity index (χ4v) is 4.74. The molecule has 3 rings (SSSR count). The molecule has 0 amide bonds. The summed E-state index contributed by atoms with van der Waals surface area (Å²) in [7, 11) is -3.43. The summed E-state index contributed by atoms with van der Waals surface area (Å²) in [6.07, 6.45) is 1.85. The second kappa shape index (κ2) is 4.22. The van der Waals surface area contributed by atoms with Crippen LogP contribution in [0.4, 0.5) is 0 Å². The van der Waals surface area contributed by atoms with E-state index in [1.165, 1.54) is 24.3 Å². The average Bonchev–Trinajstić information content (AvgIpc) is 2.62. The molecule has 2 bridgehead atoms. The summed E-state index contributed by atoms with van der Waals surface area (Å²) in [6, 6.07) is 5.90. The van der Waals surface area contributed by atoms with Gasteiger partial charge < -0.3 is 10.4 Å². The van der Waals surface area contributed by atoms with Gasteiger partial charge in [-0.15, -0.1) is 0 Å². The molecule has 18 heavy (non-hydrogen) atoms. The van der Waals surface area contributed by atoms with Crippen molar-refractivity contribution in [3.05, 3.63) is 24.3 Å². The van der Waals surface area contributed by atoms with Gasteiger partial charge in [-0.3, -0.25) is 0 Å². The maximum Gasteiger partial charge on any atom is 0.243 e. The highest BCUT2D eigenvalue weighted by Gasteiger charge is 2.44. The van der Waals surface area contributed by atoms with Gasteiger partial charge in [-0.05, 0) is 37.1 Å². The third-order valence-electron chi connectivity index (χ3n) is 3.72. The first-order valence-electron chi connectivity index (χ1n) is 6.12. The highest BCUT2D eigenvalue weighted by atomic mass is 32.2. The second-order valence-corrected chi connectivity index (χ2v) is 6.72. The van der Waals surface area contributed by atoms with Crippen LogP contribution in [-0.2, 0) is 10.0 Å². The van der Waals surface area contributed by atoms with E-state index in [2.05, 4.69) is 5.32 Å². The standard InChI is InChI=1S/C12H16N2O3S/c15-11-3-5-12(6-4-11)18(16,17)14-9-1-2-10(14)8-13-7-9/h3-6,9-10,13,15H,1-2,7-8H2. The molecule has 2 unspecified atom stereocenters. The topological polar surface area (TPSA) is 69.6 Å². The molecule has 1 aromatic carbocycles. The summed E-state index contributed by atoms with van der Waals surface area (Å²) in [5.74, 6) is 0.0808. The van der Waals surface area contributed by atoms with Gasteiger partial charge in [0, 0.05) is 25.2 Å². The Kier molecular flexibility index (Phi) is 2.80. The lowest BCUT2D eigenvalue weighted by atomic mass is 10.2. The van der Waals surface area contributed by atoms with Crippen LogP contribution in [0.15, 0.2) is 29.2 Å². The van der Waals surface area contributed by atoms with E-state index in [0.29, 0.717) is 0 Å². The minimum atomic E-state index is -3.43. The average molecular weight is 268 g/mol. The molecule has 2 heterocycles. The smallest absolute Gasteiger partial charge is 0.243 e. The van der Waals surface area contributed by atoms with Crippen LogP contribution in [0.1, 0.15) is 12.8 Å². The van der Waals surface area contributed by atoms with E-state index in [9.17, 15) is 13.5 Å². The van der Waals surface area contributed by atoms with Crippen molar-refractivity contribution >= 4 is 10.0 Å². The summed E-state index contributed by atoms with van der Waals surface area (Å²) in [6.45, 7) is 1.46. The van der Waals surface area contributed by atoms with Gasteiger partial charge in [-0.1, -0.05) is 0 Å². The van der Waals surface area contributed by atoms with E-state index in [1.807, 2.05) is 0 Å². The van der Waals surface area contributed by atoms with Gasteiger partial charge in [-0.25, -0.2) is 8.42 Å². The van der Waals surface area contributed by atoms with Gasteiger partial charge in [0.05, 0.1) is 4.90 Å². The number of aromatic hydroxyl groups is 1. The molecular formula is C12H16N2O3S. The molecule has 2 aliphatic heterocycles. The van der Waals surface area contributed by atoms with Crippen LogP contribution in [0.25, 0.3) is 0 Å². The summed E-state index contributed by atoms with van der Waals surface area (Å²) in [5, 5.41) is 12.5. The van der Waals surface area contributed by atoms with Crippen molar-refractivity contribution in [2.24, 2.45) is 0 Å². The number of nitrogens with zero attached hydrogens (tertiary/aromatic N) is 1. The summed E-state index contributed by atoms with van der Waals surface area (Å²) in [4.78, 5) is 0.263. The summed E-state index contributed by atoms with van der Waals surface area (Å²) < 4.78 is 26.8. The number of fused-ring (bicyclic) bond motifs is 2. The normalized spacial score (nSPS) is 28.4. The first-order chi connectivity index (χ1) is 8.59. The number of hydrogen-bond donors (Lipinski definition) is 2. The monoisotopic (exact) mass is 268 g/mol. The molecule has 98 valence electrons. The lowest BCUT2D eigenvalue weighted by molar-refractivity contribution is 0.263. The molecule has 5 nitrogen and oxygen atoms in total. The van der Waals surface area contributed by atoms with Gasteiger partial charge in [0.2, 0.25) is 10.0 Å². The number of sulfonamides is 1. The van der Waals surface area contributed by atoms with Crippen molar-refractivity contribution in [1.82, 2.24) is 9.62 Å². The molecule has 2 aliphatic rings. The van der Waals surface area contributed by atoms with Crippen molar-refractivity contribution < 1.29 is 13.5 Å². The Balaban J connectivity index is 1.97. The lowest BCUT2D eigenvalue weighted by Crippen LogP contribution is -2.53. The lowest BCUT2D eigenvalue weighted by Gasteiger charge is -2.34. The van der Waals surface area contributed by atoms with Gasteiger partial charge >= 0.3 is 0 Å². The van der Waals surface area contributed by atoms with Crippen molar-refractivity contribution in [1.29, 1.82) is 0 Å². The first kappa shape index (κ1) is 12.0. The zero-order valence-electron chi connectivity index (χ0n) is 9.91. The molecule has 0 radical (unpaired) electrons. The third kappa shape index (κ3) is 1.81. The number of hydrogen-bond acceptors (Lipinski definition) is 4. The van der Waals surface area contributed by atoms with Gasteiger partial charge in [0.1, 0.15) is 5.75 Å². The number of phenols is 1. The second-order valence-electron chi connectivity index (χ2n) is 4.87. The molecule has 0 saturated carbocycles. The van der Waals surface area contributed by atoms with Crippen LogP contribution >= 0.6 is 0 Å². The first-order valence-corrected chi connectivity index (χ1v) is 7.56. The molecule has 2 fully saturated rings. The Labute approximate surface area is 106 Å². The van der Waals surface area contributed by atoms with Gasteiger partial charge in [-0.2, -0.15) is 4.31 Å². The van der Waals surface area contributed by atoms with Crippen LogP contribution in [0.5, 0.6) is 5.75 Å². The predicted molar refractivity (Wildman–Crippen MR) is 66.8 cm³/mol. The fraction of sp³-hybridized carbons (Fsp3) is 0.500. The van der Waals surface area contributed by atoms with Crippen LogP contribution in [0, 0.1) is 0 Å². The Bertz CT molecular complexity index is 525. The number of rotatable bonds is 2. The quantitative estimate of drug-likeness (QED) is 0.820. The Morgan fingerprint density at radius 2 is 1.67 bits per heavy atom. The largest absolute Gasteiger partial charge is 0.508 e. The predicted octanol–water partition coefficient (Wildman–Crippen LogP) is 0.517. The number of benzene rings is 1. The highest BCUT2D eigenvalue weighted by Crippen LogP contribution is 2.32. The zero-order chi connectivity index (χ0) is 12.8. The molecule has 6 heteroatoms. The Morgan fingerprint density at radius 1 is 1.11 bits per heavy atom. The molecule has 2 saturated heterocycles. The number of piperazine rings is 1. The third-order valence-corrected chi connectivity index (χ3v) is 5.74. The molecule has 0 aliphatic carbocycles. The van der Waals surface area contributed by atoms with Crippen LogP contribution in [0.2, 0.25) is 0 Å². The molecule has 0 aromatic heterocycles. The van der Waals surface area contributed by atoms with E-state index in [4.69, 9.17) is 0 Å². The van der Waals surface area contributed by atoms with Gasteiger partial charge in [0.25, 0.3) is 0 Å².